The van der Waals surface area contributed by atoms with Gasteiger partial charge in [-0.05, 0) is 61.5 Å². The maximum Gasteiger partial charge on any atom is -0.00236 e. The summed E-state index contributed by atoms with van der Waals surface area (Å²) in [6.45, 7) is 4.07. The van der Waals surface area contributed by atoms with E-state index in [1.807, 2.05) is 0 Å². The normalized spacial score (nSPS) is 12.0. The van der Waals surface area contributed by atoms with Crippen LogP contribution in [0.3, 0.4) is 0 Å². The van der Waals surface area contributed by atoms with Gasteiger partial charge in [0.2, 0.25) is 0 Å². The summed E-state index contributed by atoms with van der Waals surface area (Å²) in [7, 11) is 0. The van der Waals surface area contributed by atoms with Crippen molar-refractivity contribution >= 4 is 43.1 Å². The van der Waals surface area contributed by atoms with E-state index in [4.69, 9.17) is 0 Å². The summed E-state index contributed by atoms with van der Waals surface area (Å²) in [6, 6.07) is 24.6. The molecule has 0 bridgehead atoms. The second kappa shape index (κ2) is 4.70. The first-order valence-electron chi connectivity index (χ1n) is 8.25. The van der Waals surface area contributed by atoms with Crippen molar-refractivity contribution in [3.8, 4) is 0 Å². The van der Waals surface area contributed by atoms with Gasteiger partial charge in [0.1, 0.15) is 0 Å². The Hall–Kier alpha value is -2.60. The molecule has 0 heterocycles. The van der Waals surface area contributed by atoms with Crippen molar-refractivity contribution < 1.29 is 0 Å². The van der Waals surface area contributed by atoms with E-state index in [-0.39, 0.29) is 0 Å². The first-order chi connectivity index (χ1) is 11.4. The second-order valence-corrected chi connectivity index (χ2v) is 6.32. The molecule has 0 saturated carbocycles. The molecule has 0 aliphatic carbocycles. The molecular formula is C23H17. The van der Waals surface area contributed by atoms with Gasteiger partial charge < -0.3 is 0 Å². The van der Waals surface area contributed by atoms with E-state index in [0.29, 0.717) is 0 Å². The van der Waals surface area contributed by atoms with Crippen molar-refractivity contribution in [1.82, 2.24) is 0 Å². The van der Waals surface area contributed by atoms with Gasteiger partial charge in [0.05, 0.1) is 0 Å². The third-order valence-electron chi connectivity index (χ3n) is 5.04. The Bertz CT molecular complexity index is 1160. The van der Waals surface area contributed by atoms with Gasteiger partial charge in [0, 0.05) is 0 Å². The molecule has 0 aliphatic rings. The lowest BCUT2D eigenvalue weighted by Gasteiger charge is -2.16. The molecule has 5 aromatic rings. The fraction of sp³-hybridized carbons (Fsp3) is 0.0870. The molecule has 0 unspecified atom stereocenters. The maximum absolute atomic E-state index is 4.07. The van der Waals surface area contributed by atoms with Crippen molar-refractivity contribution in [1.29, 1.82) is 0 Å². The molecule has 23 heavy (non-hydrogen) atoms. The average Bonchev–Trinajstić information content (AvgIpc) is 2.60. The highest BCUT2D eigenvalue weighted by Gasteiger charge is 2.14. The molecule has 1 radical (unpaired) electrons. The first kappa shape index (κ1) is 12.9. The Morgan fingerprint density at radius 1 is 0.565 bits per heavy atom. The van der Waals surface area contributed by atoms with E-state index < -0.39 is 0 Å². The van der Waals surface area contributed by atoms with Gasteiger partial charge in [0.15, 0.2) is 0 Å². The van der Waals surface area contributed by atoms with Crippen molar-refractivity contribution in [2.24, 2.45) is 0 Å². The highest BCUT2D eigenvalue weighted by atomic mass is 14.2. The van der Waals surface area contributed by atoms with Crippen molar-refractivity contribution in [3.05, 3.63) is 79.2 Å². The van der Waals surface area contributed by atoms with Gasteiger partial charge in [0.25, 0.3) is 0 Å². The number of fused-ring (bicyclic) bond motifs is 2. The van der Waals surface area contributed by atoms with E-state index in [1.165, 1.54) is 48.7 Å². The van der Waals surface area contributed by atoms with Gasteiger partial charge in [-0.3, -0.25) is 0 Å². The van der Waals surface area contributed by atoms with Crippen LogP contribution in [-0.2, 0) is 6.42 Å². The molecule has 0 nitrogen and oxygen atoms in total. The van der Waals surface area contributed by atoms with Crippen LogP contribution >= 0.6 is 0 Å². The maximum atomic E-state index is 4.07. The van der Waals surface area contributed by atoms with Crippen LogP contribution in [0.5, 0.6) is 0 Å². The predicted molar refractivity (Wildman–Crippen MR) is 101 cm³/mol. The third-order valence-corrected chi connectivity index (χ3v) is 5.04. The van der Waals surface area contributed by atoms with Crippen molar-refractivity contribution in [2.75, 3.05) is 0 Å². The smallest absolute Gasteiger partial charge is 0.00236 e. The van der Waals surface area contributed by atoms with Crippen LogP contribution in [0, 0.1) is 6.92 Å². The van der Waals surface area contributed by atoms with Crippen LogP contribution in [0.4, 0.5) is 0 Å². The molecular weight excluding hydrogens is 276 g/mol. The van der Waals surface area contributed by atoms with Crippen molar-refractivity contribution in [3.63, 3.8) is 0 Å². The minimum Gasteiger partial charge on any atom is -0.0610 e. The zero-order valence-corrected chi connectivity index (χ0v) is 13.0. The zero-order chi connectivity index (χ0) is 15.4. The number of rotatable bonds is 2. The van der Waals surface area contributed by atoms with Gasteiger partial charge in [-0.15, -0.1) is 0 Å². The van der Waals surface area contributed by atoms with Crippen LogP contribution in [0.2, 0.25) is 0 Å². The lowest BCUT2D eigenvalue weighted by Crippen LogP contribution is -1.92. The van der Waals surface area contributed by atoms with Crippen LogP contribution in [0.25, 0.3) is 43.1 Å². The van der Waals surface area contributed by atoms with Gasteiger partial charge >= 0.3 is 0 Å². The number of hydrogen-bond donors (Lipinski definition) is 0. The van der Waals surface area contributed by atoms with Gasteiger partial charge in [-0.2, -0.15) is 0 Å². The Balaban J connectivity index is 2.20. The lowest BCUT2D eigenvalue weighted by molar-refractivity contribution is 1.01. The van der Waals surface area contributed by atoms with E-state index >= 15 is 0 Å². The van der Waals surface area contributed by atoms with Crippen molar-refractivity contribution in [2.45, 2.75) is 12.8 Å². The van der Waals surface area contributed by atoms with E-state index in [1.54, 1.807) is 0 Å². The average molecular weight is 293 g/mol. The number of benzene rings is 5. The Labute approximate surface area is 135 Å². The molecule has 0 heteroatoms. The third kappa shape index (κ3) is 1.66. The largest absolute Gasteiger partial charge is 0.0610 e. The standard InChI is InChI=1S/C23H17/c1-2-6-15-13-14-17-9-4-11-19-18-10-3-7-16-8-5-12-20(21(16)18)23(15)22(17)19/h3-5,7-14H,1-2,6H2. The number of hydrogen-bond acceptors (Lipinski definition) is 0. The summed E-state index contributed by atoms with van der Waals surface area (Å²) in [5.41, 5.74) is 1.42. The SMILES string of the molecule is [CH2]CCc1ccc2cccc3c4cccc5cccc(c1c23)c54. The fourth-order valence-electron chi connectivity index (χ4n) is 4.13. The van der Waals surface area contributed by atoms with E-state index in [2.05, 4.69) is 73.7 Å². The summed E-state index contributed by atoms with van der Waals surface area (Å²) in [4.78, 5) is 0. The molecule has 0 N–H and O–H groups in total. The molecule has 0 spiro atoms. The molecule has 0 aromatic heterocycles. The molecule has 0 fully saturated rings. The molecule has 5 aromatic carbocycles. The summed E-state index contributed by atoms with van der Waals surface area (Å²) in [6.07, 6.45) is 1.95. The monoisotopic (exact) mass is 293 g/mol. The summed E-state index contributed by atoms with van der Waals surface area (Å²) >= 11 is 0. The summed E-state index contributed by atoms with van der Waals surface area (Å²) in [5, 5.41) is 11.0. The molecule has 0 saturated heterocycles. The minimum atomic E-state index is 0.929. The Morgan fingerprint density at radius 3 is 1.87 bits per heavy atom. The Kier molecular flexibility index (Phi) is 2.63. The molecule has 5 rings (SSSR count). The summed E-state index contributed by atoms with van der Waals surface area (Å²) < 4.78 is 0. The molecule has 0 aliphatic heterocycles. The number of aryl methyl sites for hydroxylation is 1. The first-order valence-corrected chi connectivity index (χ1v) is 8.25. The topological polar surface area (TPSA) is 0 Å². The molecule has 0 amide bonds. The highest BCUT2D eigenvalue weighted by Crippen LogP contribution is 2.41. The quantitative estimate of drug-likeness (QED) is 0.257. The zero-order valence-electron chi connectivity index (χ0n) is 13.0. The predicted octanol–water partition coefficient (Wildman–Crippen LogP) is 6.50. The van der Waals surface area contributed by atoms with E-state index in [0.717, 1.165) is 12.8 Å². The van der Waals surface area contributed by atoms with Crippen LogP contribution in [0.1, 0.15) is 12.0 Å². The molecule has 0 atom stereocenters. The van der Waals surface area contributed by atoms with Crippen LogP contribution in [0.15, 0.2) is 66.7 Å². The van der Waals surface area contributed by atoms with Crippen LogP contribution < -0.4 is 0 Å². The summed E-state index contributed by atoms with van der Waals surface area (Å²) in [5.74, 6) is 0. The lowest BCUT2D eigenvalue weighted by atomic mass is 9.87. The Morgan fingerprint density at radius 2 is 1.17 bits per heavy atom. The van der Waals surface area contributed by atoms with Crippen LogP contribution in [-0.4, -0.2) is 0 Å². The highest BCUT2D eigenvalue weighted by molar-refractivity contribution is 6.33. The van der Waals surface area contributed by atoms with Gasteiger partial charge in [-0.1, -0.05) is 73.7 Å². The van der Waals surface area contributed by atoms with Gasteiger partial charge in [-0.25, -0.2) is 0 Å². The fourth-order valence-corrected chi connectivity index (χ4v) is 4.13. The van der Waals surface area contributed by atoms with E-state index in [9.17, 15) is 0 Å². The second-order valence-electron chi connectivity index (χ2n) is 6.32. The molecule has 109 valence electrons. The minimum absolute atomic E-state index is 0.929.